The number of hydrogen-bond acceptors (Lipinski definition) is 3. The summed E-state index contributed by atoms with van der Waals surface area (Å²) in [5.74, 6) is 0.691. The molecule has 0 saturated carbocycles. The lowest BCUT2D eigenvalue weighted by Crippen LogP contribution is -2.20. The van der Waals surface area contributed by atoms with Gasteiger partial charge in [0.15, 0.2) is 0 Å². The van der Waals surface area contributed by atoms with Crippen LogP contribution in [0.2, 0.25) is 0 Å². The normalized spacial score (nSPS) is 13.1. The Labute approximate surface area is 97.2 Å². The summed E-state index contributed by atoms with van der Waals surface area (Å²) in [5.41, 5.74) is 2.08. The van der Waals surface area contributed by atoms with E-state index in [4.69, 9.17) is 0 Å². The highest BCUT2D eigenvalue weighted by Crippen LogP contribution is 2.05. The highest BCUT2D eigenvalue weighted by atomic mass is 32.2. The number of hydrogen-bond donors (Lipinski definition) is 1. The van der Waals surface area contributed by atoms with Crippen molar-refractivity contribution in [3.8, 4) is 0 Å². The smallest absolute Gasteiger partial charge is 0.136 e. The van der Waals surface area contributed by atoms with Crippen LogP contribution in [0.1, 0.15) is 5.69 Å². The van der Waals surface area contributed by atoms with Crippen LogP contribution in [-0.2, 0) is 17.3 Å². The monoisotopic (exact) mass is 237 g/mol. The van der Waals surface area contributed by atoms with Crippen molar-refractivity contribution in [3.63, 3.8) is 0 Å². The van der Waals surface area contributed by atoms with Gasteiger partial charge < -0.3 is 9.72 Å². The van der Waals surface area contributed by atoms with Crippen molar-refractivity contribution in [3.05, 3.63) is 36.3 Å². The van der Waals surface area contributed by atoms with E-state index < -0.39 is 10.8 Å². The summed E-state index contributed by atoms with van der Waals surface area (Å²) in [6.07, 6.45) is 5.58. The molecule has 0 aliphatic rings. The van der Waals surface area contributed by atoms with Crippen LogP contribution in [0, 0.1) is 0 Å². The van der Waals surface area contributed by atoms with Crippen molar-refractivity contribution in [2.24, 2.45) is 0 Å². The first kappa shape index (κ1) is 11.3. The molecular weight excluding hydrogens is 222 g/mol. The van der Waals surface area contributed by atoms with Crippen LogP contribution in [0.4, 0.5) is 0 Å². The molecule has 0 amide bonds. The number of imidazole rings is 1. The van der Waals surface area contributed by atoms with Crippen molar-refractivity contribution >= 4 is 16.4 Å². The van der Waals surface area contributed by atoms with Crippen LogP contribution in [0.5, 0.6) is 0 Å². The third kappa shape index (κ3) is 2.68. The van der Waals surface area contributed by atoms with E-state index in [0.717, 1.165) is 24.4 Å². The SMILES string of the molecule is CS(=O)CCNCc1cnc2ccccn12. The van der Waals surface area contributed by atoms with Gasteiger partial charge in [-0.3, -0.25) is 4.21 Å². The van der Waals surface area contributed by atoms with Gasteiger partial charge in [0.25, 0.3) is 0 Å². The predicted octanol–water partition coefficient (Wildman–Crippen LogP) is 0.802. The first-order valence-electron chi connectivity index (χ1n) is 5.19. The zero-order valence-corrected chi connectivity index (χ0v) is 10.0. The van der Waals surface area contributed by atoms with E-state index in [1.54, 1.807) is 6.26 Å². The second-order valence-electron chi connectivity index (χ2n) is 3.63. The first-order chi connectivity index (χ1) is 7.77. The van der Waals surface area contributed by atoms with E-state index in [1.807, 2.05) is 30.6 Å². The van der Waals surface area contributed by atoms with Crippen molar-refractivity contribution in [1.29, 1.82) is 0 Å². The van der Waals surface area contributed by atoms with Crippen molar-refractivity contribution in [1.82, 2.24) is 14.7 Å². The fourth-order valence-corrected chi connectivity index (χ4v) is 1.98. The Morgan fingerprint density at radius 3 is 3.19 bits per heavy atom. The molecule has 0 fully saturated rings. The summed E-state index contributed by atoms with van der Waals surface area (Å²) in [4.78, 5) is 4.30. The molecule has 1 N–H and O–H groups in total. The number of pyridine rings is 1. The largest absolute Gasteiger partial charge is 0.310 e. The van der Waals surface area contributed by atoms with Crippen molar-refractivity contribution in [2.75, 3.05) is 18.6 Å². The quantitative estimate of drug-likeness (QED) is 0.783. The van der Waals surface area contributed by atoms with E-state index in [-0.39, 0.29) is 0 Å². The molecule has 2 aromatic rings. The molecule has 16 heavy (non-hydrogen) atoms. The molecule has 86 valence electrons. The molecule has 0 spiro atoms. The van der Waals surface area contributed by atoms with E-state index in [2.05, 4.69) is 14.7 Å². The Balaban J connectivity index is 1.97. The number of rotatable bonds is 5. The summed E-state index contributed by atoms with van der Waals surface area (Å²) >= 11 is 0. The molecule has 2 heterocycles. The van der Waals surface area contributed by atoms with Gasteiger partial charge in [-0.2, -0.15) is 0 Å². The second-order valence-corrected chi connectivity index (χ2v) is 5.19. The number of aromatic nitrogens is 2. The van der Waals surface area contributed by atoms with Gasteiger partial charge >= 0.3 is 0 Å². The van der Waals surface area contributed by atoms with Gasteiger partial charge in [0, 0.05) is 42.1 Å². The minimum absolute atomic E-state index is 0.691. The van der Waals surface area contributed by atoms with Crippen LogP contribution in [0.25, 0.3) is 5.65 Å². The maximum absolute atomic E-state index is 10.9. The Hall–Kier alpha value is -1.20. The zero-order valence-electron chi connectivity index (χ0n) is 9.22. The minimum Gasteiger partial charge on any atom is -0.310 e. The molecule has 1 atom stereocenters. The summed E-state index contributed by atoms with van der Waals surface area (Å²) in [6, 6.07) is 5.93. The van der Waals surface area contributed by atoms with Crippen LogP contribution in [0.15, 0.2) is 30.6 Å². The number of fused-ring (bicyclic) bond motifs is 1. The molecule has 5 heteroatoms. The van der Waals surface area contributed by atoms with Crippen LogP contribution >= 0.6 is 0 Å². The Bertz CT molecular complexity index is 495. The first-order valence-corrected chi connectivity index (χ1v) is 6.92. The molecule has 1 unspecified atom stereocenters. The molecule has 0 bridgehead atoms. The maximum Gasteiger partial charge on any atom is 0.136 e. The maximum atomic E-state index is 10.9. The van der Waals surface area contributed by atoms with Gasteiger partial charge in [-0.15, -0.1) is 0 Å². The van der Waals surface area contributed by atoms with Gasteiger partial charge in [-0.1, -0.05) is 6.07 Å². The Morgan fingerprint density at radius 2 is 2.38 bits per heavy atom. The zero-order chi connectivity index (χ0) is 11.4. The van der Waals surface area contributed by atoms with Gasteiger partial charge in [-0.25, -0.2) is 4.98 Å². The lowest BCUT2D eigenvalue weighted by atomic mass is 10.4. The van der Waals surface area contributed by atoms with Gasteiger partial charge in [-0.05, 0) is 12.1 Å². The van der Waals surface area contributed by atoms with Gasteiger partial charge in [0.05, 0.1) is 11.9 Å². The lowest BCUT2D eigenvalue weighted by Gasteiger charge is -2.03. The summed E-state index contributed by atoms with van der Waals surface area (Å²) in [6.45, 7) is 1.52. The van der Waals surface area contributed by atoms with E-state index in [1.165, 1.54) is 0 Å². The summed E-state index contributed by atoms with van der Waals surface area (Å²) in [5, 5.41) is 3.26. The van der Waals surface area contributed by atoms with Gasteiger partial charge in [0.2, 0.25) is 0 Å². The summed E-state index contributed by atoms with van der Waals surface area (Å²) in [7, 11) is -0.726. The molecule has 2 rings (SSSR count). The molecule has 2 aromatic heterocycles. The fraction of sp³-hybridized carbons (Fsp3) is 0.364. The van der Waals surface area contributed by atoms with E-state index >= 15 is 0 Å². The molecular formula is C11H15N3OS. The summed E-state index contributed by atoms with van der Waals surface area (Å²) < 4.78 is 12.9. The van der Waals surface area contributed by atoms with Crippen LogP contribution in [0.3, 0.4) is 0 Å². The highest BCUT2D eigenvalue weighted by Gasteiger charge is 2.01. The lowest BCUT2D eigenvalue weighted by molar-refractivity contribution is 0.673. The average Bonchev–Trinajstić information content (AvgIpc) is 2.68. The van der Waals surface area contributed by atoms with Crippen LogP contribution in [-0.4, -0.2) is 32.1 Å². The van der Waals surface area contributed by atoms with Crippen LogP contribution < -0.4 is 5.32 Å². The molecule has 0 saturated heterocycles. The third-order valence-corrected chi connectivity index (χ3v) is 3.15. The van der Waals surface area contributed by atoms with E-state index in [9.17, 15) is 4.21 Å². The molecule has 0 radical (unpaired) electrons. The molecule has 0 aliphatic carbocycles. The predicted molar refractivity (Wildman–Crippen MR) is 65.8 cm³/mol. The molecule has 4 nitrogen and oxygen atoms in total. The fourth-order valence-electron chi connectivity index (χ4n) is 1.55. The van der Waals surface area contributed by atoms with E-state index in [0.29, 0.717) is 5.75 Å². The highest BCUT2D eigenvalue weighted by molar-refractivity contribution is 7.84. The number of nitrogens with one attached hydrogen (secondary N) is 1. The molecule has 0 aliphatic heterocycles. The molecule has 0 aromatic carbocycles. The Morgan fingerprint density at radius 1 is 1.50 bits per heavy atom. The van der Waals surface area contributed by atoms with Gasteiger partial charge in [0.1, 0.15) is 5.65 Å². The average molecular weight is 237 g/mol. The Kier molecular flexibility index (Phi) is 3.69. The second kappa shape index (κ2) is 5.23. The number of nitrogens with zero attached hydrogens (tertiary/aromatic N) is 2. The topological polar surface area (TPSA) is 46.4 Å². The van der Waals surface area contributed by atoms with Crippen molar-refractivity contribution in [2.45, 2.75) is 6.54 Å². The third-order valence-electron chi connectivity index (χ3n) is 2.37. The van der Waals surface area contributed by atoms with Crippen molar-refractivity contribution < 1.29 is 4.21 Å². The minimum atomic E-state index is -0.726. The standard InChI is InChI=1S/C11H15N3OS/c1-16(15)7-5-12-8-10-9-13-11-4-2-3-6-14(10)11/h2-4,6,9,12H,5,7-8H2,1H3.